The topological polar surface area (TPSA) is 63.9 Å². The highest BCUT2D eigenvalue weighted by molar-refractivity contribution is 6.06. The molecule has 6 rings (SSSR count). The van der Waals surface area contributed by atoms with Gasteiger partial charge >= 0.3 is 0 Å². The Balaban J connectivity index is 1.38. The molecule has 3 aromatic carbocycles. The molecule has 0 unspecified atom stereocenters. The predicted molar refractivity (Wildman–Crippen MR) is 126 cm³/mol. The second-order valence-electron chi connectivity index (χ2n) is 7.68. The van der Waals surface area contributed by atoms with Crippen molar-refractivity contribution in [1.29, 1.82) is 0 Å². The number of nitrogens with zero attached hydrogens (tertiary/aromatic N) is 2. The van der Waals surface area contributed by atoms with Crippen molar-refractivity contribution in [1.82, 2.24) is 15.2 Å². The first kappa shape index (κ1) is 18.4. The van der Waals surface area contributed by atoms with E-state index in [1.807, 2.05) is 66.7 Å². The molecule has 0 aliphatic rings. The summed E-state index contributed by atoms with van der Waals surface area (Å²) >= 11 is 0. The maximum Gasteiger partial charge on any atom is 0.219 e. The zero-order chi connectivity index (χ0) is 21.5. The normalized spacial score (nSPS) is 11.3. The summed E-state index contributed by atoms with van der Waals surface area (Å²) in [5.41, 5.74) is 6.78. The van der Waals surface area contributed by atoms with Gasteiger partial charge in [-0.05, 0) is 49.4 Å². The van der Waals surface area contributed by atoms with Crippen molar-refractivity contribution in [2.75, 3.05) is 0 Å². The standard InChI is InChI=1S/C27H19N3O2/c1-17-26(18-7-6-8-20(15-18)31-25-11-4-5-14-28-25)29-30-27(17)19-12-13-24-22(16-19)21-9-2-3-10-23(21)32-24/h2-16H,1H3,(H,29,30). The summed E-state index contributed by atoms with van der Waals surface area (Å²) in [5.74, 6) is 1.28. The molecule has 3 heterocycles. The van der Waals surface area contributed by atoms with Crippen LogP contribution in [0.4, 0.5) is 0 Å². The minimum Gasteiger partial charge on any atom is -0.456 e. The fourth-order valence-corrected chi connectivity index (χ4v) is 4.08. The van der Waals surface area contributed by atoms with E-state index in [2.05, 4.69) is 40.3 Å². The minimum absolute atomic E-state index is 0.560. The molecule has 0 aliphatic carbocycles. The highest BCUT2D eigenvalue weighted by Gasteiger charge is 2.15. The van der Waals surface area contributed by atoms with E-state index in [9.17, 15) is 0 Å². The highest BCUT2D eigenvalue weighted by atomic mass is 16.5. The molecule has 5 nitrogen and oxygen atoms in total. The second-order valence-corrected chi connectivity index (χ2v) is 7.68. The Hall–Kier alpha value is -4.38. The van der Waals surface area contributed by atoms with Crippen molar-refractivity contribution < 1.29 is 9.15 Å². The second kappa shape index (κ2) is 7.39. The van der Waals surface area contributed by atoms with Gasteiger partial charge in [0.1, 0.15) is 16.9 Å². The number of benzene rings is 3. The summed E-state index contributed by atoms with van der Waals surface area (Å²) in [5, 5.41) is 10.1. The smallest absolute Gasteiger partial charge is 0.219 e. The monoisotopic (exact) mass is 417 g/mol. The average Bonchev–Trinajstić information content (AvgIpc) is 3.40. The molecule has 32 heavy (non-hydrogen) atoms. The molecule has 154 valence electrons. The third kappa shape index (κ3) is 3.11. The lowest BCUT2D eigenvalue weighted by Crippen LogP contribution is -1.88. The molecule has 0 saturated carbocycles. The van der Waals surface area contributed by atoms with Gasteiger partial charge in [0.15, 0.2) is 0 Å². The van der Waals surface area contributed by atoms with Crippen LogP contribution in [0.5, 0.6) is 11.6 Å². The van der Waals surface area contributed by atoms with E-state index in [1.165, 1.54) is 0 Å². The number of pyridine rings is 1. The van der Waals surface area contributed by atoms with Crippen LogP contribution >= 0.6 is 0 Å². The quantitative estimate of drug-likeness (QED) is 0.331. The number of hydrogen-bond acceptors (Lipinski definition) is 4. The number of furan rings is 1. The zero-order valence-corrected chi connectivity index (χ0v) is 17.4. The summed E-state index contributed by atoms with van der Waals surface area (Å²) in [6, 6.07) is 27.8. The van der Waals surface area contributed by atoms with Crippen molar-refractivity contribution in [3.63, 3.8) is 0 Å². The van der Waals surface area contributed by atoms with E-state index in [1.54, 1.807) is 6.20 Å². The Kier molecular flexibility index (Phi) is 4.25. The first-order chi connectivity index (χ1) is 15.8. The molecule has 0 bridgehead atoms. The maximum absolute atomic E-state index is 5.97. The minimum atomic E-state index is 0.560. The van der Waals surface area contributed by atoms with Crippen LogP contribution in [0.15, 0.2) is 95.5 Å². The van der Waals surface area contributed by atoms with E-state index in [4.69, 9.17) is 9.15 Å². The Morgan fingerprint density at radius 1 is 0.781 bits per heavy atom. The van der Waals surface area contributed by atoms with Crippen molar-refractivity contribution in [3.8, 4) is 34.1 Å². The molecule has 1 N–H and O–H groups in total. The molecule has 6 aromatic rings. The molecule has 0 atom stereocenters. The third-order valence-corrected chi connectivity index (χ3v) is 5.64. The van der Waals surface area contributed by atoms with E-state index in [-0.39, 0.29) is 0 Å². The third-order valence-electron chi connectivity index (χ3n) is 5.64. The van der Waals surface area contributed by atoms with Gasteiger partial charge in [-0.25, -0.2) is 4.98 Å². The van der Waals surface area contributed by atoms with Gasteiger partial charge in [-0.15, -0.1) is 0 Å². The van der Waals surface area contributed by atoms with Crippen LogP contribution in [0.3, 0.4) is 0 Å². The van der Waals surface area contributed by atoms with Gasteiger partial charge < -0.3 is 9.15 Å². The van der Waals surface area contributed by atoms with Crippen molar-refractivity contribution in [3.05, 3.63) is 96.7 Å². The fourth-order valence-electron chi connectivity index (χ4n) is 4.08. The van der Waals surface area contributed by atoms with Gasteiger partial charge in [-0.1, -0.05) is 36.4 Å². The number of para-hydroxylation sites is 1. The van der Waals surface area contributed by atoms with Crippen LogP contribution in [0.1, 0.15) is 5.56 Å². The molecule has 0 aliphatic heterocycles. The number of aromatic amines is 1. The average molecular weight is 417 g/mol. The van der Waals surface area contributed by atoms with Crippen molar-refractivity contribution in [2.24, 2.45) is 0 Å². The Morgan fingerprint density at radius 2 is 1.66 bits per heavy atom. The molecule has 0 radical (unpaired) electrons. The van der Waals surface area contributed by atoms with E-state index >= 15 is 0 Å². The molecule has 5 heteroatoms. The molecular formula is C27H19N3O2. The number of aromatic nitrogens is 3. The largest absolute Gasteiger partial charge is 0.456 e. The summed E-state index contributed by atoms with van der Waals surface area (Å²) in [6.45, 7) is 2.08. The van der Waals surface area contributed by atoms with Gasteiger partial charge in [-0.3, -0.25) is 5.10 Å². The van der Waals surface area contributed by atoms with Crippen LogP contribution in [0.25, 0.3) is 44.5 Å². The lowest BCUT2D eigenvalue weighted by Gasteiger charge is -2.06. The summed E-state index contributed by atoms with van der Waals surface area (Å²) in [6.07, 6.45) is 1.71. The van der Waals surface area contributed by atoms with Gasteiger partial charge in [0.2, 0.25) is 5.88 Å². The van der Waals surface area contributed by atoms with Gasteiger partial charge in [0.25, 0.3) is 0 Å². The molecule has 3 aromatic heterocycles. The SMILES string of the molecule is Cc1c(-c2cccc(Oc3ccccn3)c2)n[nH]c1-c1ccc2oc3ccccc3c2c1. The van der Waals surface area contributed by atoms with Crippen LogP contribution in [-0.2, 0) is 0 Å². The lowest BCUT2D eigenvalue weighted by molar-refractivity contribution is 0.463. The van der Waals surface area contributed by atoms with Crippen LogP contribution < -0.4 is 4.74 Å². The number of ether oxygens (including phenoxy) is 1. The van der Waals surface area contributed by atoms with Crippen LogP contribution in [0.2, 0.25) is 0 Å². The molecule has 0 amide bonds. The van der Waals surface area contributed by atoms with E-state index < -0.39 is 0 Å². The molecule has 0 spiro atoms. The Labute approximate surface area is 184 Å². The first-order valence-electron chi connectivity index (χ1n) is 10.4. The lowest BCUT2D eigenvalue weighted by atomic mass is 10.0. The number of fused-ring (bicyclic) bond motifs is 3. The zero-order valence-electron chi connectivity index (χ0n) is 17.4. The number of rotatable bonds is 4. The Morgan fingerprint density at radius 3 is 2.56 bits per heavy atom. The van der Waals surface area contributed by atoms with Crippen LogP contribution in [0, 0.1) is 6.92 Å². The van der Waals surface area contributed by atoms with E-state index in [0.29, 0.717) is 5.88 Å². The van der Waals surface area contributed by atoms with E-state index in [0.717, 1.165) is 55.8 Å². The maximum atomic E-state index is 5.97. The summed E-state index contributed by atoms with van der Waals surface area (Å²) in [4.78, 5) is 4.23. The van der Waals surface area contributed by atoms with Crippen molar-refractivity contribution >= 4 is 21.9 Å². The Bertz CT molecular complexity index is 1560. The predicted octanol–water partition coefficient (Wildman–Crippen LogP) is 7.14. The van der Waals surface area contributed by atoms with Gasteiger partial charge in [0.05, 0.1) is 11.4 Å². The summed E-state index contributed by atoms with van der Waals surface area (Å²) in [7, 11) is 0. The number of hydrogen-bond donors (Lipinski definition) is 1. The highest BCUT2D eigenvalue weighted by Crippen LogP contribution is 2.35. The number of nitrogens with one attached hydrogen (secondary N) is 1. The molecule has 0 saturated heterocycles. The molecule has 0 fully saturated rings. The van der Waals surface area contributed by atoms with Crippen molar-refractivity contribution in [2.45, 2.75) is 6.92 Å². The van der Waals surface area contributed by atoms with Crippen LogP contribution in [-0.4, -0.2) is 15.2 Å². The number of H-pyrrole nitrogens is 1. The fraction of sp³-hybridized carbons (Fsp3) is 0.0370. The first-order valence-corrected chi connectivity index (χ1v) is 10.4. The molecular weight excluding hydrogens is 398 g/mol. The summed E-state index contributed by atoms with van der Waals surface area (Å²) < 4.78 is 11.9. The van der Waals surface area contributed by atoms with Gasteiger partial charge in [0, 0.05) is 39.7 Å². The van der Waals surface area contributed by atoms with Gasteiger partial charge in [-0.2, -0.15) is 5.10 Å².